The van der Waals surface area contributed by atoms with E-state index in [1.165, 1.54) is 0 Å². The lowest BCUT2D eigenvalue weighted by Crippen LogP contribution is -2.46. The average Bonchev–Trinajstić information content (AvgIpc) is 2.01. The molecule has 0 aliphatic rings. The van der Waals surface area contributed by atoms with Crippen molar-refractivity contribution in [2.45, 2.75) is 18.3 Å². The topological polar surface area (TPSA) is 0 Å². The molecule has 0 amide bonds. The molecular weight excluding hydrogens is 264 g/mol. The normalized spacial score (nSPS) is 15.9. The van der Waals surface area contributed by atoms with Crippen LogP contribution in [0, 0.1) is 0 Å². The van der Waals surface area contributed by atoms with E-state index < -0.39 is 28.6 Å². The fraction of sp³-hybridized carbons (Fsp3) is 0.600. The summed E-state index contributed by atoms with van der Waals surface area (Å²) in [5.41, 5.74) is 0. The van der Waals surface area contributed by atoms with E-state index in [9.17, 15) is 30.7 Å². The van der Waals surface area contributed by atoms with Crippen molar-refractivity contribution in [3.05, 3.63) is 10.3 Å². The van der Waals surface area contributed by atoms with E-state index in [1.54, 1.807) is 0 Å². The molecule has 0 aromatic heterocycles. The van der Waals surface area contributed by atoms with Crippen LogP contribution in [0.15, 0.2) is 10.3 Å². The van der Waals surface area contributed by atoms with Crippen molar-refractivity contribution in [2.75, 3.05) is 0 Å². The Kier molecular flexibility index (Phi) is 4.09. The minimum atomic E-state index is -5.78. The fourth-order valence-corrected chi connectivity index (χ4v) is 0.647. The third-order valence-electron chi connectivity index (χ3n) is 1.13. The summed E-state index contributed by atoms with van der Waals surface area (Å²) in [6.07, 6.45) is -4.69. The van der Waals surface area contributed by atoms with Crippen LogP contribution in [0.5, 0.6) is 0 Å². The molecule has 0 aliphatic carbocycles. The van der Waals surface area contributed by atoms with Gasteiger partial charge in [0.25, 0.3) is 0 Å². The Labute approximate surface area is 83.3 Å². The molecule has 0 aromatic rings. The lowest BCUT2D eigenvalue weighted by molar-refractivity contribution is -0.244. The molecule has 0 N–H and O–H groups in total. The van der Waals surface area contributed by atoms with E-state index in [0.29, 0.717) is 0 Å². The minimum absolute atomic E-state index is 2.36. The van der Waals surface area contributed by atoms with E-state index in [2.05, 4.69) is 23.2 Å². The number of halogens is 9. The summed E-state index contributed by atoms with van der Waals surface area (Å²) < 4.78 is 83.6. The quantitative estimate of drug-likeness (QED) is 0.673. The van der Waals surface area contributed by atoms with Crippen LogP contribution in [-0.4, -0.2) is 18.3 Å². The molecule has 0 heterocycles. The lowest BCUT2D eigenvalue weighted by Gasteiger charge is -2.24. The average molecular weight is 265 g/mol. The molecular formula is C5HCl2F7. The zero-order valence-corrected chi connectivity index (χ0v) is 7.49. The van der Waals surface area contributed by atoms with Crippen molar-refractivity contribution in [3.8, 4) is 0 Å². The van der Waals surface area contributed by atoms with E-state index in [4.69, 9.17) is 0 Å². The number of hydrogen-bond acceptors (Lipinski definition) is 0. The molecule has 0 aliphatic heterocycles. The third-order valence-corrected chi connectivity index (χ3v) is 1.82. The van der Waals surface area contributed by atoms with Crippen LogP contribution in [0.4, 0.5) is 30.7 Å². The number of alkyl halides is 6. The molecule has 9 heteroatoms. The molecule has 0 nitrogen and oxygen atoms in total. The summed E-state index contributed by atoms with van der Waals surface area (Å²) in [7, 11) is 0. The van der Waals surface area contributed by atoms with Gasteiger partial charge in [-0.2, -0.15) is 22.0 Å². The Balaban J connectivity index is 5.26. The van der Waals surface area contributed by atoms with Gasteiger partial charge >= 0.3 is 18.3 Å². The van der Waals surface area contributed by atoms with E-state index in [-0.39, 0.29) is 0 Å². The smallest absolute Gasteiger partial charge is 0.203 e. The van der Waals surface area contributed by atoms with Gasteiger partial charge in [-0.15, -0.1) is 0 Å². The number of allylic oxidation sites excluding steroid dienone is 1. The van der Waals surface area contributed by atoms with Crippen molar-refractivity contribution in [2.24, 2.45) is 0 Å². The van der Waals surface area contributed by atoms with Crippen LogP contribution in [0.3, 0.4) is 0 Å². The Morgan fingerprint density at radius 2 is 1.36 bits per heavy atom. The summed E-state index contributed by atoms with van der Waals surface area (Å²) in [6, 6.07) is 0. The summed E-state index contributed by atoms with van der Waals surface area (Å²) >= 11 is 8.59. The summed E-state index contributed by atoms with van der Waals surface area (Å²) in [5, 5.41) is -4.82. The van der Waals surface area contributed by atoms with Crippen LogP contribution in [-0.2, 0) is 0 Å². The maximum absolute atomic E-state index is 12.4. The molecule has 0 saturated heterocycles. The minimum Gasteiger partial charge on any atom is -0.203 e. The first-order chi connectivity index (χ1) is 6.05. The highest BCUT2D eigenvalue weighted by molar-refractivity contribution is 6.38. The Bertz CT molecular complexity index is 242. The van der Waals surface area contributed by atoms with Gasteiger partial charge in [-0.05, 0) is 11.6 Å². The first-order valence-corrected chi connectivity index (χ1v) is 3.55. The first-order valence-electron chi connectivity index (χ1n) is 2.80. The van der Waals surface area contributed by atoms with Crippen molar-refractivity contribution >= 4 is 23.2 Å². The van der Waals surface area contributed by atoms with Gasteiger partial charge in [0, 0.05) is 0 Å². The van der Waals surface area contributed by atoms with E-state index in [0.717, 1.165) is 0 Å². The van der Waals surface area contributed by atoms with Gasteiger partial charge in [0.1, 0.15) is 5.03 Å². The van der Waals surface area contributed by atoms with E-state index in [1.807, 2.05) is 0 Å². The lowest BCUT2D eigenvalue weighted by atomic mass is 10.2. The SMILES string of the molecule is F/C(Cl)=C(/Cl)C(F)(F)C(F)(F)C(F)F. The third kappa shape index (κ3) is 2.25. The predicted molar refractivity (Wildman–Crippen MR) is 35.7 cm³/mol. The maximum Gasteiger partial charge on any atom is 0.374 e. The van der Waals surface area contributed by atoms with Crippen LogP contribution in [0.2, 0.25) is 0 Å². The fourth-order valence-electron chi connectivity index (χ4n) is 0.402. The second-order valence-electron chi connectivity index (χ2n) is 2.07. The molecule has 0 rings (SSSR count). The summed E-state index contributed by atoms with van der Waals surface area (Å²) in [6.45, 7) is 0. The van der Waals surface area contributed by atoms with Crippen LogP contribution < -0.4 is 0 Å². The Morgan fingerprint density at radius 1 is 1.00 bits per heavy atom. The molecule has 84 valence electrons. The second-order valence-corrected chi connectivity index (χ2v) is 2.78. The number of rotatable bonds is 3. The molecule has 0 atom stereocenters. The van der Waals surface area contributed by atoms with Gasteiger partial charge in [-0.1, -0.05) is 11.6 Å². The van der Waals surface area contributed by atoms with Crippen molar-refractivity contribution in [1.29, 1.82) is 0 Å². The molecule has 0 fully saturated rings. The highest BCUT2D eigenvalue weighted by Gasteiger charge is 2.65. The second kappa shape index (κ2) is 4.14. The molecule has 0 bridgehead atoms. The van der Waals surface area contributed by atoms with Gasteiger partial charge in [0.05, 0.1) is 0 Å². The summed E-state index contributed by atoms with van der Waals surface area (Å²) in [5.74, 6) is -11.3. The Morgan fingerprint density at radius 3 is 1.57 bits per heavy atom. The standard InChI is InChI=1S/C5HCl2F7/c6-1(2(7)8)4(11,12)5(13,14)3(9)10/h3H/b2-1+. The van der Waals surface area contributed by atoms with Crippen LogP contribution in [0.1, 0.15) is 0 Å². The molecule has 0 spiro atoms. The maximum atomic E-state index is 12.4. The van der Waals surface area contributed by atoms with Crippen LogP contribution >= 0.6 is 23.2 Å². The predicted octanol–water partition coefficient (Wildman–Crippen LogP) is 4.14. The molecule has 14 heavy (non-hydrogen) atoms. The molecule has 0 saturated carbocycles. The zero-order chi connectivity index (χ0) is 11.7. The van der Waals surface area contributed by atoms with Gasteiger partial charge in [-0.3, -0.25) is 0 Å². The largest absolute Gasteiger partial charge is 0.374 e. The highest BCUT2D eigenvalue weighted by Crippen LogP contribution is 2.46. The highest BCUT2D eigenvalue weighted by atomic mass is 35.5. The summed E-state index contributed by atoms with van der Waals surface area (Å²) in [4.78, 5) is 0. The Hall–Kier alpha value is -0.170. The van der Waals surface area contributed by atoms with E-state index >= 15 is 0 Å². The van der Waals surface area contributed by atoms with Gasteiger partial charge in [0.15, 0.2) is 0 Å². The van der Waals surface area contributed by atoms with Crippen molar-refractivity contribution < 1.29 is 30.7 Å². The van der Waals surface area contributed by atoms with Gasteiger partial charge in [0.2, 0.25) is 5.29 Å². The first kappa shape index (κ1) is 13.8. The van der Waals surface area contributed by atoms with Gasteiger partial charge < -0.3 is 0 Å². The van der Waals surface area contributed by atoms with Crippen molar-refractivity contribution in [1.82, 2.24) is 0 Å². The molecule has 0 radical (unpaired) electrons. The molecule has 0 unspecified atom stereocenters. The van der Waals surface area contributed by atoms with Crippen molar-refractivity contribution in [3.63, 3.8) is 0 Å². The van der Waals surface area contributed by atoms with Gasteiger partial charge in [-0.25, -0.2) is 8.78 Å². The monoisotopic (exact) mass is 264 g/mol. The zero-order valence-electron chi connectivity index (χ0n) is 5.98. The van der Waals surface area contributed by atoms with Crippen LogP contribution in [0.25, 0.3) is 0 Å². The molecule has 0 aromatic carbocycles. The number of hydrogen-bond donors (Lipinski definition) is 0.